The lowest BCUT2D eigenvalue weighted by Gasteiger charge is -2.24. The molecule has 0 bridgehead atoms. The summed E-state index contributed by atoms with van der Waals surface area (Å²) in [6.07, 6.45) is -0.0930. The molecule has 13 heteroatoms. The van der Waals surface area contributed by atoms with Gasteiger partial charge >= 0.3 is 5.97 Å². The number of carboxylic acids is 1. The van der Waals surface area contributed by atoms with Gasteiger partial charge in [0.05, 0.1) is 19.3 Å². The molecule has 13 nitrogen and oxygen atoms in total. The standard InChI is InChI=1S/C17H31N5O8/c1-8(2)5-9(18)14(26)20-10(3-4-13(19)25)15(27)21-11(6-23)16(28)22-12(7-24)17(29)30/h8-12,23-24H,3-7,18H2,1-2H3,(H2,19,25)(H,20,26)(H,21,27)(H,22,28)(H,29,30). The maximum atomic E-state index is 12.5. The van der Waals surface area contributed by atoms with Gasteiger partial charge in [-0.1, -0.05) is 13.8 Å². The minimum Gasteiger partial charge on any atom is -0.480 e. The molecule has 4 atom stereocenters. The highest BCUT2D eigenvalue weighted by atomic mass is 16.4. The van der Waals surface area contributed by atoms with Gasteiger partial charge in [0.1, 0.15) is 18.1 Å². The predicted octanol–water partition coefficient (Wildman–Crippen LogP) is -3.85. The minimum atomic E-state index is -1.64. The van der Waals surface area contributed by atoms with E-state index >= 15 is 0 Å². The number of carbonyl (C=O) groups is 5. The van der Waals surface area contributed by atoms with Crippen molar-refractivity contribution in [3.8, 4) is 0 Å². The zero-order valence-corrected chi connectivity index (χ0v) is 17.0. The van der Waals surface area contributed by atoms with Crippen LogP contribution in [0.5, 0.6) is 0 Å². The fraction of sp³-hybridized carbons (Fsp3) is 0.706. The van der Waals surface area contributed by atoms with Gasteiger partial charge in [0.2, 0.25) is 23.6 Å². The van der Waals surface area contributed by atoms with Gasteiger partial charge < -0.3 is 42.7 Å². The average Bonchev–Trinajstić information content (AvgIpc) is 2.65. The van der Waals surface area contributed by atoms with E-state index < -0.39 is 67.0 Å². The first-order valence-corrected chi connectivity index (χ1v) is 9.32. The molecule has 0 aromatic carbocycles. The summed E-state index contributed by atoms with van der Waals surface area (Å²) in [6, 6.07) is -5.39. The molecule has 30 heavy (non-hydrogen) atoms. The molecule has 0 aromatic heterocycles. The monoisotopic (exact) mass is 433 g/mol. The Hall–Kier alpha value is -2.77. The average molecular weight is 433 g/mol. The molecule has 172 valence electrons. The molecular weight excluding hydrogens is 402 g/mol. The zero-order chi connectivity index (χ0) is 23.4. The van der Waals surface area contributed by atoms with Gasteiger partial charge in [-0.15, -0.1) is 0 Å². The third-order valence-corrected chi connectivity index (χ3v) is 3.99. The van der Waals surface area contributed by atoms with Crippen molar-refractivity contribution in [2.75, 3.05) is 13.2 Å². The molecule has 10 N–H and O–H groups in total. The second-order valence-corrected chi connectivity index (χ2v) is 7.13. The van der Waals surface area contributed by atoms with E-state index in [4.69, 9.17) is 21.7 Å². The first kappa shape index (κ1) is 27.2. The lowest BCUT2D eigenvalue weighted by molar-refractivity contribution is -0.143. The molecule has 0 aliphatic rings. The minimum absolute atomic E-state index is 0.111. The van der Waals surface area contributed by atoms with Crippen LogP contribution in [0.25, 0.3) is 0 Å². The zero-order valence-electron chi connectivity index (χ0n) is 17.0. The van der Waals surface area contributed by atoms with Crippen molar-refractivity contribution in [3.63, 3.8) is 0 Å². The second-order valence-electron chi connectivity index (χ2n) is 7.13. The molecule has 0 saturated heterocycles. The van der Waals surface area contributed by atoms with Gasteiger partial charge in [0.25, 0.3) is 0 Å². The second kappa shape index (κ2) is 13.5. The maximum absolute atomic E-state index is 12.5. The lowest BCUT2D eigenvalue weighted by Crippen LogP contribution is -2.58. The Morgan fingerprint density at radius 1 is 0.833 bits per heavy atom. The Kier molecular flexibility index (Phi) is 12.2. The van der Waals surface area contributed by atoms with Crippen LogP contribution >= 0.6 is 0 Å². The van der Waals surface area contributed by atoms with Crippen LogP contribution in [0.15, 0.2) is 0 Å². The summed E-state index contributed by atoms with van der Waals surface area (Å²) < 4.78 is 0. The first-order valence-electron chi connectivity index (χ1n) is 9.32. The Morgan fingerprint density at radius 3 is 1.73 bits per heavy atom. The van der Waals surface area contributed by atoms with Crippen molar-refractivity contribution >= 4 is 29.6 Å². The van der Waals surface area contributed by atoms with E-state index in [1.165, 1.54) is 0 Å². The highest BCUT2D eigenvalue weighted by Crippen LogP contribution is 2.05. The van der Waals surface area contributed by atoms with E-state index in [0.717, 1.165) is 0 Å². The number of aliphatic hydroxyl groups excluding tert-OH is 2. The number of hydrogen-bond donors (Lipinski definition) is 8. The molecule has 0 rings (SSSR count). The fourth-order valence-corrected chi connectivity index (χ4v) is 2.37. The van der Waals surface area contributed by atoms with Gasteiger partial charge in [-0.05, 0) is 18.8 Å². The normalized spacial score (nSPS) is 14.9. The molecule has 4 unspecified atom stereocenters. The van der Waals surface area contributed by atoms with Crippen LogP contribution in [-0.2, 0) is 24.0 Å². The van der Waals surface area contributed by atoms with Crippen LogP contribution in [-0.4, -0.2) is 82.3 Å². The van der Waals surface area contributed by atoms with E-state index in [0.29, 0.717) is 6.42 Å². The topological polar surface area (TPSA) is 234 Å². The SMILES string of the molecule is CC(C)CC(N)C(=O)NC(CCC(N)=O)C(=O)NC(CO)C(=O)NC(CO)C(=O)O. The van der Waals surface area contributed by atoms with Crippen LogP contribution in [0.4, 0.5) is 0 Å². The number of carbonyl (C=O) groups excluding carboxylic acids is 4. The summed E-state index contributed by atoms with van der Waals surface area (Å²) in [5.74, 6) is -4.75. The molecule has 0 aromatic rings. The van der Waals surface area contributed by atoms with Gasteiger partial charge in [0, 0.05) is 6.42 Å². The number of amides is 4. The third kappa shape index (κ3) is 10.1. The van der Waals surface area contributed by atoms with Crippen LogP contribution in [0.3, 0.4) is 0 Å². The highest BCUT2D eigenvalue weighted by molar-refractivity contribution is 5.94. The highest BCUT2D eigenvalue weighted by Gasteiger charge is 2.30. The van der Waals surface area contributed by atoms with Crippen molar-refractivity contribution in [2.45, 2.75) is 57.3 Å². The summed E-state index contributed by atoms with van der Waals surface area (Å²) in [6.45, 7) is 1.91. The Labute approximate surface area is 173 Å². The summed E-state index contributed by atoms with van der Waals surface area (Å²) in [5.41, 5.74) is 10.9. The Morgan fingerprint density at radius 2 is 1.30 bits per heavy atom. The summed E-state index contributed by atoms with van der Waals surface area (Å²) in [7, 11) is 0. The van der Waals surface area contributed by atoms with Crippen molar-refractivity contribution < 1.29 is 39.3 Å². The Bertz CT molecular complexity index is 627. The summed E-state index contributed by atoms with van der Waals surface area (Å²) >= 11 is 0. The molecule has 0 aliphatic heterocycles. The number of hydrogen-bond acceptors (Lipinski definition) is 8. The summed E-state index contributed by atoms with van der Waals surface area (Å²) in [5, 5.41) is 33.7. The quantitative estimate of drug-likeness (QED) is 0.134. The van der Waals surface area contributed by atoms with Crippen molar-refractivity contribution in [3.05, 3.63) is 0 Å². The van der Waals surface area contributed by atoms with E-state index in [2.05, 4.69) is 10.6 Å². The number of rotatable bonds is 14. The van der Waals surface area contributed by atoms with Gasteiger partial charge in [-0.25, -0.2) is 4.79 Å². The van der Waals surface area contributed by atoms with E-state index in [1.54, 1.807) is 0 Å². The predicted molar refractivity (Wildman–Crippen MR) is 103 cm³/mol. The number of primary amides is 1. The maximum Gasteiger partial charge on any atom is 0.328 e. The van der Waals surface area contributed by atoms with Crippen LogP contribution in [0.1, 0.15) is 33.1 Å². The lowest BCUT2D eigenvalue weighted by atomic mass is 10.0. The first-order chi connectivity index (χ1) is 13.9. The number of aliphatic hydroxyl groups is 2. The molecule has 0 spiro atoms. The van der Waals surface area contributed by atoms with Crippen molar-refractivity contribution in [1.29, 1.82) is 0 Å². The van der Waals surface area contributed by atoms with E-state index in [1.807, 2.05) is 19.2 Å². The molecular formula is C17H31N5O8. The molecule has 4 amide bonds. The third-order valence-electron chi connectivity index (χ3n) is 3.99. The smallest absolute Gasteiger partial charge is 0.328 e. The van der Waals surface area contributed by atoms with Crippen LogP contribution < -0.4 is 27.4 Å². The molecule has 0 fully saturated rings. The number of nitrogens with two attached hydrogens (primary N) is 2. The van der Waals surface area contributed by atoms with Crippen molar-refractivity contribution in [2.24, 2.45) is 17.4 Å². The molecule has 0 aliphatic carbocycles. The van der Waals surface area contributed by atoms with Crippen LogP contribution in [0, 0.1) is 5.92 Å². The van der Waals surface area contributed by atoms with Crippen LogP contribution in [0.2, 0.25) is 0 Å². The van der Waals surface area contributed by atoms with Gasteiger partial charge in [0.15, 0.2) is 0 Å². The number of aliphatic carboxylic acids is 1. The molecule has 0 heterocycles. The van der Waals surface area contributed by atoms with Gasteiger partial charge in [-0.3, -0.25) is 19.2 Å². The van der Waals surface area contributed by atoms with E-state index in [-0.39, 0.29) is 18.8 Å². The number of carboxylic acid groups (broad SMARTS) is 1. The molecule has 0 saturated carbocycles. The van der Waals surface area contributed by atoms with E-state index in [9.17, 15) is 29.1 Å². The molecule has 0 radical (unpaired) electrons. The van der Waals surface area contributed by atoms with Gasteiger partial charge in [-0.2, -0.15) is 0 Å². The fourth-order valence-electron chi connectivity index (χ4n) is 2.37. The van der Waals surface area contributed by atoms with Crippen molar-refractivity contribution in [1.82, 2.24) is 16.0 Å². The Balaban J connectivity index is 5.22. The summed E-state index contributed by atoms with van der Waals surface area (Å²) in [4.78, 5) is 58.8. The number of nitrogens with one attached hydrogen (secondary N) is 3. The largest absolute Gasteiger partial charge is 0.480 e.